The summed E-state index contributed by atoms with van der Waals surface area (Å²) in [5, 5.41) is 0. The predicted molar refractivity (Wildman–Crippen MR) is 152 cm³/mol. The minimum absolute atomic E-state index is 0.101. The van der Waals surface area contributed by atoms with E-state index in [1.807, 2.05) is 0 Å². The summed E-state index contributed by atoms with van der Waals surface area (Å²) < 4.78 is 22.0. The van der Waals surface area contributed by atoms with Crippen molar-refractivity contribution in [1.29, 1.82) is 0 Å². The second-order valence-electron chi connectivity index (χ2n) is 10.2. The van der Waals surface area contributed by atoms with Crippen LogP contribution in [0.15, 0.2) is 0 Å². The van der Waals surface area contributed by atoms with Crippen LogP contribution in [0.4, 0.5) is 0 Å². The molecule has 0 radical (unpaired) electrons. The van der Waals surface area contributed by atoms with Gasteiger partial charge < -0.3 is 18.9 Å². The highest BCUT2D eigenvalue weighted by Gasteiger charge is 2.03. The summed E-state index contributed by atoms with van der Waals surface area (Å²) in [5.41, 5.74) is 0. The molecule has 0 unspecified atom stereocenters. The van der Waals surface area contributed by atoms with E-state index < -0.39 is 0 Å². The lowest BCUT2D eigenvalue weighted by atomic mass is 10.1. The van der Waals surface area contributed by atoms with Gasteiger partial charge in [0, 0.05) is 19.6 Å². The third kappa shape index (κ3) is 31.4. The Morgan fingerprint density at radius 3 is 1.17 bits per heavy atom. The molecule has 0 aliphatic carbocycles. The Hall–Kier alpha value is -0.650. The van der Waals surface area contributed by atoms with Gasteiger partial charge in [0.25, 0.3) is 0 Å². The summed E-state index contributed by atoms with van der Waals surface area (Å²) >= 11 is 0. The Morgan fingerprint density at radius 1 is 0.389 bits per heavy atom. The molecule has 36 heavy (non-hydrogen) atoms. The lowest BCUT2D eigenvalue weighted by Gasteiger charge is -2.07. The first kappa shape index (κ1) is 35.4. The van der Waals surface area contributed by atoms with Crippen LogP contribution in [-0.4, -0.2) is 52.2 Å². The fraction of sp³-hybridized carbons (Fsp3) is 0.968. The molecule has 0 amide bonds. The first-order chi connectivity index (χ1) is 17.8. The van der Waals surface area contributed by atoms with Crippen LogP contribution in [0.25, 0.3) is 0 Å². The van der Waals surface area contributed by atoms with E-state index in [1.54, 1.807) is 0 Å². The highest BCUT2D eigenvalue weighted by atomic mass is 16.5. The summed E-state index contributed by atoms with van der Waals surface area (Å²) in [6.45, 7) is 8.90. The Labute approximate surface area is 224 Å². The van der Waals surface area contributed by atoms with Gasteiger partial charge in [-0.3, -0.25) is 4.79 Å². The van der Waals surface area contributed by atoms with E-state index in [0.29, 0.717) is 52.5 Å². The van der Waals surface area contributed by atoms with Crippen LogP contribution in [0.5, 0.6) is 0 Å². The van der Waals surface area contributed by atoms with Crippen LogP contribution in [0.1, 0.15) is 149 Å². The number of unbranched alkanes of at least 4 members (excludes halogenated alkanes) is 17. The van der Waals surface area contributed by atoms with Crippen molar-refractivity contribution < 1.29 is 23.7 Å². The van der Waals surface area contributed by atoms with Crippen molar-refractivity contribution >= 4 is 5.97 Å². The van der Waals surface area contributed by atoms with E-state index in [0.717, 1.165) is 25.9 Å². The summed E-state index contributed by atoms with van der Waals surface area (Å²) in [6, 6.07) is 0. The zero-order valence-corrected chi connectivity index (χ0v) is 24.3. The molecule has 0 aromatic heterocycles. The van der Waals surface area contributed by atoms with Gasteiger partial charge in [-0.05, 0) is 19.3 Å². The monoisotopic (exact) mass is 514 g/mol. The molecule has 0 aromatic carbocycles. The second-order valence-corrected chi connectivity index (χ2v) is 10.2. The first-order valence-electron chi connectivity index (χ1n) is 15.7. The van der Waals surface area contributed by atoms with Gasteiger partial charge >= 0.3 is 5.97 Å². The molecule has 0 atom stereocenters. The van der Waals surface area contributed by atoms with Gasteiger partial charge in [0.2, 0.25) is 0 Å². The summed E-state index contributed by atoms with van der Waals surface area (Å²) in [5.74, 6) is -0.101. The van der Waals surface area contributed by atoms with Crippen LogP contribution in [0.2, 0.25) is 0 Å². The van der Waals surface area contributed by atoms with Crippen LogP contribution >= 0.6 is 0 Å². The topological polar surface area (TPSA) is 54.0 Å². The average molecular weight is 515 g/mol. The lowest BCUT2D eigenvalue weighted by Crippen LogP contribution is -2.11. The number of esters is 1. The maximum atomic E-state index is 11.8. The van der Waals surface area contributed by atoms with Crippen molar-refractivity contribution in [2.45, 2.75) is 149 Å². The standard InChI is InChI=1S/C31H62O5/c1-3-5-7-9-11-12-13-14-15-17-19-21-26-36-31(32)23-22-25-34-28-30-35-29-27-33-24-20-18-16-10-8-6-4-2/h3-30H2,1-2H3. The second kappa shape index (κ2) is 32.4. The van der Waals surface area contributed by atoms with E-state index in [1.165, 1.54) is 103 Å². The minimum Gasteiger partial charge on any atom is -0.466 e. The Balaban J connectivity index is 3.13. The van der Waals surface area contributed by atoms with E-state index >= 15 is 0 Å². The zero-order valence-electron chi connectivity index (χ0n) is 24.3. The smallest absolute Gasteiger partial charge is 0.305 e. The maximum Gasteiger partial charge on any atom is 0.305 e. The Kier molecular flexibility index (Phi) is 31.8. The Bertz CT molecular complexity index is 416. The fourth-order valence-corrected chi connectivity index (χ4v) is 4.22. The molecule has 0 spiro atoms. The van der Waals surface area contributed by atoms with Gasteiger partial charge in [0.15, 0.2) is 0 Å². The van der Waals surface area contributed by atoms with Crippen LogP contribution < -0.4 is 0 Å². The largest absolute Gasteiger partial charge is 0.466 e. The molecule has 5 nitrogen and oxygen atoms in total. The molecule has 0 saturated carbocycles. The van der Waals surface area contributed by atoms with E-state index in [2.05, 4.69) is 13.8 Å². The SMILES string of the molecule is CCCCCCCCCCCCCCOC(=O)CCCOCCOCCOCCCCCCCCC. The molecule has 0 aromatic rings. The van der Waals surface area contributed by atoms with Crippen molar-refractivity contribution in [3.63, 3.8) is 0 Å². The van der Waals surface area contributed by atoms with Gasteiger partial charge in [-0.25, -0.2) is 0 Å². The number of carbonyl (C=O) groups excluding carboxylic acids is 1. The number of hydrogen-bond acceptors (Lipinski definition) is 5. The molecular formula is C31H62O5. The molecule has 0 heterocycles. The van der Waals surface area contributed by atoms with Gasteiger partial charge in [-0.15, -0.1) is 0 Å². The summed E-state index contributed by atoms with van der Waals surface area (Å²) in [4.78, 5) is 11.8. The van der Waals surface area contributed by atoms with Gasteiger partial charge in [-0.1, -0.05) is 123 Å². The molecule has 5 heteroatoms. The highest BCUT2D eigenvalue weighted by molar-refractivity contribution is 5.69. The minimum atomic E-state index is -0.101. The molecule has 216 valence electrons. The van der Waals surface area contributed by atoms with Crippen molar-refractivity contribution in [2.24, 2.45) is 0 Å². The van der Waals surface area contributed by atoms with Crippen LogP contribution in [0, 0.1) is 0 Å². The maximum absolute atomic E-state index is 11.8. The van der Waals surface area contributed by atoms with Crippen molar-refractivity contribution in [3.05, 3.63) is 0 Å². The molecule has 0 saturated heterocycles. The molecule has 0 N–H and O–H groups in total. The summed E-state index contributed by atoms with van der Waals surface area (Å²) in [6.07, 6.45) is 26.1. The normalized spacial score (nSPS) is 11.3. The molecule has 0 fully saturated rings. The quantitative estimate of drug-likeness (QED) is 0.0683. The van der Waals surface area contributed by atoms with E-state index in [-0.39, 0.29) is 5.97 Å². The zero-order chi connectivity index (χ0) is 26.2. The van der Waals surface area contributed by atoms with Gasteiger partial charge in [-0.2, -0.15) is 0 Å². The van der Waals surface area contributed by atoms with Crippen molar-refractivity contribution in [2.75, 3.05) is 46.2 Å². The van der Waals surface area contributed by atoms with Crippen LogP contribution in [0.3, 0.4) is 0 Å². The molecule has 0 rings (SSSR count). The molecule has 0 aliphatic rings. The number of carbonyl (C=O) groups is 1. The van der Waals surface area contributed by atoms with Gasteiger partial charge in [0.1, 0.15) is 0 Å². The third-order valence-corrected chi connectivity index (χ3v) is 6.57. The van der Waals surface area contributed by atoms with Crippen molar-refractivity contribution in [3.8, 4) is 0 Å². The molecular weight excluding hydrogens is 452 g/mol. The fourth-order valence-electron chi connectivity index (χ4n) is 4.22. The number of ether oxygens (including phenoxy) is 4. The van der Waals surface area contributed by atoms with E-state index in [9.17, 15) is 4.79 Å². The lowest BCUT2D eigenvalue weighted by molar-refractivity contribution is -0.144. The van der Waals surface area contributed by atoms with Crippen molar-refractivity contribution in [1.82, 2.24) is 0 Å². The molecule has 0 aliphatic heterocycles. The van der Waals surface area contributed by atoms with Crippen LogP contribution in [-0.2, 0) is 23.7 Å². The predicted octanol–water partition coefficient (Wildman–Crippen LogP) is 8.81. The Morgan fingerprint density at radius 2 is 0.722 bits per heavy atom. The summed E-state index contributed by atoms with van der Waals surface area (Å²) in [7, 11) is 0. The number of hydrogen-bond donors (Lipinski definition) is 0. The van der Waals surface area contributed by atoms with Gasteiger partial charge in [0.05, 0.1) is 33.0 Å². The van der Waals surface area contributed by atoms with E-state index in [4.69, 9.17) is 18.9 Å². The first-order valence-corrected chi connectivity index (χ1v) is 15.7. The third-order valence-electron chi connectivity index (χ3n) is 6.57. The highest BCUT2D eigenvalue weighted by Crippen LogP contribution is 2.12. The number of rotatable bonds is 31. The average Bonchev–Trinajstić information content (AvgIpc) is 2.88. The molecule has 0 bridgehead atoms.